The minimum atomic E-state index is 0.168. The summed E-state index contributed by atoms with van der Waals surface area (Å²) in [4.78, 5) is 16.0. The van der Waals surface area contributed by atoms with Crippen LogP contribution in [0, 0.1) is 0 Å². The molecule has 2 aromatic rings. The van der Waals surface area contributed by atoms with Gasteiger partial charge in [-0.05, 0) is 18.4 Å². The van der Waals surface area contributed by atoms with Crippen molar-refractivity contribution in [3.63, 3.8) is 0 Å². The summed E-state index contributed by atoms with van der Waals surface area (Å²) < 4.78 is 0. The van der Waals surface area contributed by atoms with Gasteiger partial charge in [-0.15, -0.1) is 0 Å². The van der Waals surface area contributed by atoms with Crippen molar-refractivity contribution in [1.82, 2.24) is 4.98 Å². The number of thioether (sulfide) groups is 1. The molecule has 1 aromatic carbocycles. The minimum absolute atomic E-state index is 0.168. The Bertz CT molecular complexity index is 490. The molecule has 15 heavy (non-hydrogen) atoms. The number of ketones is 1. The number of hydrogen-bond donors (Lipinski definition) is 0. The highest BCUT2D eigenvalue weighted by molar-refractivity contribution is 7.99. The molecule has 0 bridgehead atoms. The number of nitrogens with zero attached hydrogens (tertiary/aromatic N) is 1. The van der Waals surface area contributed by atoms with E-state index in [0.29, 0.717) is 5.75 Å². The van der Waals surface area contributed by atoms with Crippen LogP contribution in [0.4, 0.5) is 0 Å². The Hall–Kier alpha value is -1.35. The van der Waals surface area contributed by atoms with Crippen molar-refractivity contribution in [3.05, 3.63) is 42.1 Å². The molecular weight excluding hydrogens is 206 g/mol. The third-order valence-electron chi connectivity index (χ3n) is 2.22. The third kappa shape index (κ3) is 2.02. The van der Waals surface area contributed by atoms with Crippen molar-refractivity contribution in [1.29, 1.82) is 0 Å². The molecule has 0 radical (unpaired) electrons. The molecule has 0 unspecified atom stereocenters. The molecule has 0 aliphatic rings. The van der Waals surface area contributed by atoms with Gasteiger partial charge in [0.2, 0.25) is 0 Å². The van der Waals surface area contributed by atoms with Crippen LogP contribution >= 0.6 is 11.8 Å². The monoisotopic (exact) mass is 217 g/mol. The second-order valence-electron chi connectivity index (χ2n) is 3.23. The van der Waals surface area contributed by atoms with E-state index in [1.54, 1.807) is 18.0 Å². The fourth-order valence-corrected chi connectivity index (χ4v) is 1.97. The molecule has 2 rings (SSSR count). The predicted octanol–water partition coefficient (Wildman–Crippen LogP) is 2.78. The second kappa shape index (κ2) is 4.45. The molecule has 0 spiro atoms. The molecular formula is C12H11NOS. The van der Waals surface area contributed by atoms with Gasteiger partial charge in [-0.3, -0.25) is 9.78 Å². The van der Waals surface area contributed by atoms with E-state index in [1.165, 1.54) is 0 Å². The molecule has 1 heterocycles. The Labute approximate surface area is 92.7 Å². The molecule has 0 aliphatic carbocycles. The van der Waals surface area contributed by atoms with E-state index >= 15 is 0 Å². The summed E-state index contributed by atoms with van der Waals surface area (Å²) in [6.07, 6.45) is 3.67. The highest BCUT2D eigenvalue weighted by Gasteiger charge is 2.08. The Balaban J connectivity index is 2.56. The van der Waals surface area contributed by atoms with Crippen molar-refractivity contribution >= 4 is 28.4 Å². The highest BCUT2D eigenvalue weighted by atomic mass is 32.2. The summed E-state index contributed by atoms with van der Waals surface area (Å²) in [7, 11) is 0. The Morgan fingerprint density at radius 1 is 1.33 bits per heavy atom. The molecule has 0 N–H and O–H groups in total. The van der Waals surface area contributed by atoms with Gasteiger partial charge in [0.15, 0.2) is 5.78 Å². The van der Waals surface area contributed by atoms with Crippen LogP contribution in [-0.2, 0) is 0 Å². The SMILES string of the molecule is CSCC(=O)c1cccc2ncccc12. The first-order valence-corrected chi connectivity index (χ1v) is 6.08. The van der Waals surface area contributed by atoms with Crippen molar-refractivity contribution in [3.8, 4) is 0 Å². The smallest absolute Gasteiger partial charge is 0.173 e. The Morgan fingerprint density at radius 2 is 2.20 bits per heavy atom. The molecule has 1 aromatic heterocycles. The largest absolute Gasteiger partial charge is 0.293 e. The summed E-state index contributed by atoms with van der Waals surface area (Å²) in [5.74, 6) is 0.690. The lowest BCUT2D eigenvalue weighted by atomic mass is 10.1. The van der Waals surface area contributed by atoms with Crippen LogP contribution in [0.15, 0.2) is 36.5 Å². The van der Waals surface area contributed by atoms with E-state index in [-0.39, 0.29) is 5.78 Å². The molecule has 0 atom stereocenters. The normalized spacial score (nSPS) is 10.5. The first kappa shape index (κ1) is 10.2. The maximum absolute atomic E-state index is 11.8. The molecule has 0 saturated heterocycles. The molecule has 0 aliphatic heterocycles. The number of hydrogen-bond acceptors (Lipinski definition) is 3. The zero-order valence-electron chi connectivity index (χ0n) is 8.43. The van der Waals surface area contributed by atoms with Gasteiger partial charge in [-0.25, -0.2) is 0 Å². The highest BCUT2D eigenvalue weighted by Crippen LogP contribution is 2.17. The van der Waals surface area contributed by atoms with Gasteiger partial charge in [0.25, 0.3) is 0 Å². The van der Waals surface area contributed by atoms with Gasteiger partial charge < -0.3 is 0 Å². The van der Waals surface area contributed by atoms with Crippen molar-refractivity contribution in [2.45, 2.75) is 0 Å². The van der Waals surface area contributed by atoms with Gasteiger partial charge in [-0.2, -0.15) is 11.8 Å². The number of benzene rings is 1. The zero-order valence-corrected chi connectivity index (χ0v) is 9.25. The number of pyridine rings is 1. The lowest BCUT2D eigenvalue weighted by Gasteiger charge is -2.03. The summed E-state index contributed by atoms with van der Waals surface area (Å²) >= 11 is 1.54. The summed E-state index contributed by atoms with van der Waals surface area (Å²) in [5, 5.41) is 0.944. The van der Waals surface area contributed by atoms with E-state index in [0.717, 1.165) is 16.5 Å². The van der Waals surface area contributed by atoms with E-state index in [9.17, 15) is 4.79 Å². The summed E-state index contributed by atoms with van der Waals surface area (Å²) in [6.45, 7) is 0. The maximum atomic E-state index is 11.8. The topological polar surface area (TPSA) is 30.0 Å². The molecule has 3 heteroatoms. The van der Waals surface area contributed by atoms with Crippen LogP contribution in [0.2, 0.25) is 0 Å². The zero-order chi connectivity index (χ0) is 10.7. The van der Waals surface area contributed by atoms with Crippen LogP contribution in [0.25, 0.3) is 10.9 Å². The fraction of sp³-hybridized carbons (Fsp3) is 0.167. The first-order valence-electron chi connectivity index (χ1n) is 4.69. The molecule has 0 fully saturated rings. The van der Waals surface area contributed by atoms with Gasteiger partial charge in [0.1, 0.15) is 0 Å². The fourth-order valence-electron chi connectivity index (χ4n) is 1.56. The average molecular weight is 217 g/mol. The van der Waals surface area contributed by atoms with Crippen molar-refractivity contribution < 1.29 is 4.79 Å². The van der Waals surface area contributed by atoms with Crippen molar-refractivity contribution in [2.24, 2.45) is 0 Å². The maximum Gasteiger partial charge on any atom is 0.173 e. The van der Waals surface area contributed by atoms with E-state index in [2.05, 4.69) is 4.98 Å². The first-order chi connectivity index (χ1) is 7.33. The van der Waals surface area contributed by atoms with Gasteiger partial charge >= 0.3 is 0 Å². The van der Waals surface area contributed by atoms with Gasteiger partial charge in [-0.1, -0.05) is 18.2 Å². The van der Waals surface area contributed by atoms with Crippen LogP contribution in [0.1, 0.15) is 10.4 Å². The lowest BCUT2D eigenvalue weighted by Crippen LogP contribution is -2.02. The molecule has 2 nitrogen and oxygen atoms in total. The summed E-state index contributed by atoms with van der Waals surface area (Å²) in [6, 6.07) is 9.46. The van der Waals surface area contributed by atoms with Gasteiger partial charge in [0, 0.05) is 17.1 Å². The van der Waals surface area contributed by atoms with Crippen LogP contribution < -0.4 is 0 Å². The number of carbonyl (C=O) groups is 1. The number of aromatic nitrogens is 1. The van der Waals surface area contributed by atoms with Crippen LogP contribution in [0.5, 0.6) is 0 Å². The Morgan fingerprint density at radius 3 is 3.00 bits per heavy atom. The Kier molecular flexibility index (Phi) is 3.02. The molecule has 0 amide bonds. The number of fused-ring (bicyclic) bond motifs is 1. The van der Waals surface area contributed by atoms with Crippen molar-refractivity contribution in [2.75, 3.05) is 12.0 Å². The van der Waals surface area contributed by atoms with Gasteiger partial charge in [0.05, 0.1) is 11.3 Å². The number of carbonyl (C=O) groups excluding carboxylic acids is 1. The standard InChI is InChI=1S/C12H11NOS/c1-15-8-12(14)10-4-2-6-11-9(10)5-3-7-13-11/h2-7H,8H2,1H3. The average Bonchev–Trinajstić information content (AvgIpc) is 2.28. The lowest BCUT2D eigenvalue weighted by molar-refractivity contribution is 0.102. The van der Waals surface area contributed by atoms with E-state index in [4.69, 9.17) is 0 Å². The van der Waals surface area contributed by atoms with Crippen LogP contribution in [0.3, 0.4) is 0 Å². The molecule has 76 valence electrons. The molecule has 0 saturated carbocycles. The number of rotatable bonds is 3. The quantitative estimate of drug-likeness (QED) is 0.740. The minimum Gasteiger partial charge on any atom is -0.293 e. The second-order valence-corrected chi connectivity index (χ2v) is 4.10. The number of Topliss-reactive ketones (excluding diaryl/α,β-unsaturated/α-hetero) is 1. The van der Waals surface area contributed by atoms with Crippen LogP contribution in [-0.4, -0.2) is 22.8 Å². The van der Waals surface area contributed by atoms with E-state index in [1.807, 2.05) is 36.6 Å². The predicted molar refractivity (Wildman–Crippen MR) is 64.5 cm³/mol. The van der Waals surface area contributed by atoms with E-state index < -0.39 is 0 Å². The third-order valence-corrected chi connectivity index (χ3v) is 2.77. The summed E-state index contributed by atoms with van der Waals surface area (Å²) in [5.41, 5.74) is 1.65.